The van der Waals surface area contributed by atoms with Gasteiger partial charge in [-0.1, -0.05) is 0 Å². The fraction of sp³-hybridized carbons (Fsp3) is 0.556. The van der Waals surface area contributed by atoms with Crippen LogP contribution in [0.5, 0.6) is 0 Å². The summed E-state index contributed by atoms with van der Waals surface area (Å²) >= 11 is 0. The second-order valence-electron chi connectivity index (χ2n) is 6.49. The predicted molar refractivity (Wildman–Crippen MR) is 94.4 cm³/mol. The summed E-state index contributed by atoms with van der Waals surface area (Å²) in [6.45, 7) is 6.86. The van der Waals surface area contributed by atoms with Crippen LogP contribution in [-0.2, 0) is 6.42 Å². The molecule has 2 aromatic heterocycles. The molecule has 0 bridgehead atoms. The molecule has 1 aliphatic rings. The first-order valence-corrected chi connectivity index (χ1v) is 8.64. The van der Waals surface area contributed by atoms with Crippen LogP contribution in [0.15, 0.2) is 22.8 Å². The normalized spacial score (nSPS) is 15.7. The molecule has 0 saturated carbocycles. The zero-order chi connectivity index (χ0) is 16.9. The van der Waals surface area contributed by atoms with Gasteiger partial charge in [0.1, 0.15) is 11.6 Å². The van der Waals surface area contributed by atoms with Gasteiger partial charge >= 0.3 is 0 Å². The average molecular weight is 330 g/mol. The van der Waals surface area contributed by atoms with Crippen LogP contribution in [0.3, 0.4) is 0 Å². The minimum atomic E-state index is 0.0843. The molecular weight excluding hydrogens is 304 g/mol. The van der Waals surface area contributed by atoms with E-state index in [9.17, 15) is 5.11 Å². The lowest BCUT2D eigenvalue weighted by atomic mass is 10.1. The molecule has 1 saturated heterocycles. The topological polar surface area (TPSA) is 74.4 Å². The molecule has 1 aliphatic heterocycles. The summed E-state index contributed by atoms with van der Waals surface area (Å²) in [5.41, 5.74) is 2.06. The van der Waals surface area contributed by atoms with E-state index in [1.54, 1.807) is 6.26 Å². The summed E-state index contributed by atoms with van der Waals surface area (Å²) in [5.74, 6) is 2.65. The summed E-state index contributed by atoms with van der Waals surface area (Å²) in [6, 6.07) is 3.81. The minimum absolute atomic E-state index is 0.0843. The molecule has 0 amide bonds. The van der Waals surface area contributed by atoms with Gasteiger partial charge in [0.15, 0.2) is 0 Å². The minimum Gasteiger partial charge on any atom is -0.469 e. The van der Waals surface area contributed by atoms with E-state index in [1.807, 2.05) is 26.0 Å². The number of furan rings is 1. The van der Waals surface area contributed by atoms with Gasteiger partial charge in [-0.25, -0.2) is 4.98 Å². The summed E-state index contributed by atoms with van der Waals surface area (Å²) in [6.07, 6.45) is 4.78. The van der Waals surface area contributed by atoms with Crippen molar-refractivity contribution >= 4 is 11.8 Å². The van der Waals surface area contributed by atoms with E-state index in [0.717, 1.165) is 41.9 Å². The largest absolute Gasteiger partial charge is 0.469 e. The molecular formula is C18H26N4O2. The first kappa shape index (κ1) is 16.8. The molecule has 0 spiro atoms. The van der Waals surface area contributed by atoms with Crippen LogP contribution in [0.1, 0.15) is 29.9 Å². The third-order valence-electron chi connectivity index (χ3n) is 4.65. The molecule has 1 unspecified atom stereocenters. The van der Waals surface area contributed by atoms with Crippen molar-refractivity contribution in [3.8, 4) is 0 Å². The van der Waals surface area contributed by atoms with Crippen molar-refractivity contribution in [3.05, 3.63) is 35.4 Å². The highest BCUT2D eigenvalue weighted by molar-refractivity contribution is 5.50. The fourth-order valence-corrected chi connectivity index (χ4v) is 3.00. The van der Waals surface area contributed by atoms with E-state index in [0.29, 0.717) is 13.0 Å². The number of hydrogen-bond acceptors (Lipinski definition) is 6. The Morgan fingerprint density at radius 1 is 1.29 bits per heavy atom. The zero-order valence-corrected chi connectivity index (χ0v) is 14.5. The molecule has 130 valence electrons. The molecule has 1 fully saturated rings. The van der Waals surface area contributed by atoms with Crippen LogP contribution in [0.4, 0.5) is 11.8 Å². The molecule has 6 nitrogen and oxygen atoms in total. The number of aliphatic hydroxyl groups is 1. The van der Waals surface area contributed by atoms with Crippen molar-refractivity contribution in [3.63, 3.8) is 0 Å². The van der Waals surface area contributed by atoms with E-state index in [1.165, 1.54) is 12.8 Å². The summed E-state index contributed by atoms with van der Waals surface area (Å²) in [7, 11) is 0. The lowest BCUT2D eigenvalue weighted by molar-refractivity contribution is 0.226. The van der Waals surface area contributed by atoms with Crippen molar-refractivity contribution in [2.24, 2.45) is 5.92 Å². The second kappa shape index (κ2) is 7.66. The number of aromatic nitrogens is 2. The molecule has 1 atom stereocenters. The first-order valence-electron chi connectivity index (χ1n) is 8.64. The van der Waals surface area contributed by atoms with Gasteiger partial charge in [-0.15, -0.1) is 0 Å². The van der Waals surface area contributed by atoms with Crippen molar-refractivity contribution in [1.29, 1.82) is 0 Å². The Morgan fingerprint density at radius 2 is 2.08 bits per heavy atom. The zero-order valence-electron chi connectivity index (χ0n) is 14.5. The van der Waals surface area contributed by atoms with E-state index in [4.69, 9.17) is 9.40 Å². The third kappa shape index (κ3) is 3.87. The van der Waals surface area contributed by atoms with Gasteiger partial charge in [-0.3, -0.25) is 0 Å². The van der Waals surface area contributed by atoms with Crippen LogP contribution in [-0.4, -0.2) is 41.3 Å². The van der Waals surface area contributed by atoms with Crippen molar-refractivity contribution in [2.45, 2.75) is 33.1 Å². The molecule has 6 heteroatoms. The van der Waals surface area contributed by atoms with Crippen LogP contribution in [0.2, 0.25) is 0 Å². The van der Waals surface area contributed by atoms with Crippen molar-refractivity contribution < 1.29 is 9.52 Å². The molecule has 3 rings (SSSR count). The van der Waals surface area contributed by atoms with Gasteiger partial charge in [0.05, 0.1) is 6.26 Å². The van der Waals surface area contributed by atoms with Crippen molar-refractivity contribution in [2.75, 3.05) is 36.5 Å². The Bertz CT molecular complexity index is 651. The molecule has 24 heavy (non-hydrogen) atoms. The predicted octanol–water partition coefficient (Wildman–Crippen LogP) is 2.55. The van der Waals surface area contributed by atoms with Crippen LogP contribution < -0.4 is 10.2 Å². The number of aryl methyl sites for hydroxylation is 1. The number of hydrogen-bond donors (Lipinski definition) is 2. The molecule has 2 aromatic rings. The van der Waals surface area contributed by atoms with E-state index in [2.05, 4.69) is 15.2 Å². The molecule has 3 heterocycles. The van der Waals surface area contributed by atoms with E-state index in [-0.39, 0.29) is 12.5 Å². The van der Waals surface area contributed by atoms with Crippen LogP contribution in [0.25, 0.3) is 0 Å². The van der Waals surface area contributed by atoms with Gasteiger partial charge in [-0.2, -0.15) is 4.98 Å². The smallest absolute Gasteiger partial charge is 0.227 e. The SMILES string of the molecule is Cc1nc(N2CCCC2)nc(NCC(CO)Cc2ccco2)c1C. The number of nitrogens with zero attached hydrogens (tertiary/aromatic N) is 3. The second-order valence-corrected chi connectivity index (χ2v) is 6.49. The van der Waals surface area contributed by atoms with Crippen LogP contribution in [0, 0.1) is 19.8 Å². The molecule has 0 aromatic carbocycles. The van der Waals surface area contributed by atoms with Gasteiger partial charge < -0.3 is 19.7 Å². The average Bonchev–Trinajstić information content (AvgIpc) is 3.28. The number of aliphatic hydroxyl groups excluding tert-OH is 1. The van der Waals surface area contributed by atoms with Gasteiger partial charge in [0.25, 0.3) is 0 Å². The van der Waals surface area contributed by atoms with Gasteiger partial charge in [0, 0.05) is 49.8 Å². The fourth-order valence-electron chi connectivity index (χ4n) is 3.00. The number of nitrogens with one attached hydrogen (secondary N) is 1. The maximum absolute atomic E-state index is 9.63. The van der Waals surface area contributed by atoms with Crippen molar-refractivity contribution in [1.82, 2.24) is 9.97 Å². The lowest BCUT2D eigenvalue weighted by Gasteiger charge is -2.20. The first-order chi connectivity index (χ1) is 11.7. The molecule has 0 radical (unpaired) electrons. The Hall–Kier alpha value is -2.08. The monoisotopic (exact) mass is 330 g/mol. The number of rotatable bonds is 7. The highest BCUT2D eigenvalue weighted by Gasteiger charge is 2.18. The van der Waals surface area contributed by atoms with Crippen LogP contribution >= 0.6 is 0 Å². The summed E-state index contributed by atoms with van der Waals surface area (Å²) < 4.78 is 5.38. The number of anilines is 2. The maximum Gasteiger partial charge on any atom is 0.227 e. The summed E-state index contributed by atoms with van der Waals surface area (Å²) in [5, 5.41) is 13.0. The van der Waals surface area contributed by atoms with Gasteiger partial charge in [0.2, 0.25) is 5.95 Å². The Kier molecular flexibility index (Phi) is 5.35. The third-order valence-corrected chi connectivity index (χ3v) is 4.65. The van der Waals surface area contributed by atoms with E-state index >= 15 is 0 Å². The Balaban J connectivity index is 1.68. The quantitative estimate of drug-likeness (QED) is 0.813. The lowest BCUT2D eigenvalue weighted by Crippen LogP contribution is -2.24. The highest BCUT2D eigenvalue weighted by Crippen LogP contribution is 2.22. The molecule has 0 aliphatic carbocycles. The van der Waals surface area contributed by atoms with E-state index < -0.39 is 0 Å². The summed E-state index contributed by atoms with van der Waals surface area (Å²) in [4.78, 5) is 11.6. The molecule has 2 N–H and O–H groups in total. The maximum atomic E-state index is 9.63. The Morgan fingerprint density at radius 3 is 2.75 bits per heavy atom. The van der Waals surface area contributed by atoms with Gasteiger partial charge in [-0.05, 0) is 38.8 Å². The highest BCUT2D eigenvalue weighted by atomic mass is 16.3. The standard InChI is InChI=1S/C18H26N4O2/c1-13-14(2)20-18(22-7-3-4-8-22)21-17(13)19-11-15(12-23)10-16-6-5-9-24-16/h5-6,9,15,23H,3-4,7-8,10-12H2,1-2H3,(H,19,20,21). The Labute approximate surface area is 142 Å².